The van der Waals surface area contributed by atoms with Gasteiger partial charge >= 0.3 is 6.18 Å². The summed E-state index contributed by atoms with van der Waals surface area (Å²) < 4.78 is 42.4. The zero-order valence-electron chi connectivity index (χ0n) is 15.0. The molecule has 0 spiro atoms. The fraction of sp³-hybridized carbons (Fsp3) is 0.200. The smallest absolute Gasteiger partial charge is 0.371 e. The summed E-state index contributed by atoms with van der Waals surface area (Å²) in [7, 11) is 1.88. The van der Waals surface area contributed by atoms with Crippen molar-refractivity contribution in [3.05, 3.63) is 72.1 Å². The molecule has 5 nitrogen and oxygen atoms in total. The summed E-state index contributed by atoms with van der Waals surface area (Å²) in [6.07, 6.45) is -3.73. The molecule has 0 fully saturated rings. The highest BCUT2D eigenvalue weighted by Gasteiger charge is 2.42. The van der Waals surface area contributed by atoms with E-state index in [1.807, 2.05) is 24.1 Å². The van der Waals surface area contributed by atoms with Crippen LogP contribution < -0.4 is 9.80 Å². The van der Waals surface area contributed by atoms with E-state index in [2.05, 4.69) is 5.10 Å². The maximum atomic E-state index is 13.9. The minimum Gasteiger partial charge on any atom is -0.371 e. The van der Waals surface area contributed by atoms with Crippen LogP contribution in [0.25, 0.3) is 5.69 Å². The first-order valence-corrected chi connectivity index (χ1v) is 8.70. The third-order valence-corrected chi connectivity index (χ3v) is 4.76. The first kappa shape index (κ1) is 18.1. The highest BCUT2D eigenvalue weighted by molar-refractivity contribution is 6.09. The number of amides is 1. The van der Waals surface area contributed by atoms with Crippen molar-refractivity contribution in [2.75, 3.05) is 29.9 Å². The number of nitrogens with zero attached hydrogens (tertiary/aromatic N) is 4. The maximum Gasteiger partial charge on any atom is 0.434 e. The standard InChI is InChI=1S/C20H17F3N4O/c1-25-11-12-26(17-10-6-5-9-16(17)25)19(28)15-13-24-27(18(15)20(21,22)23)14-7-3-2-4-8-14/h2-10,13H,11-12H2,1H3. The van der Waals surface area contributed by atoms with E-state index in [1.54, 1.807) is 30.3 Å². The topological polar surface area (TPSA) is 41.4 Å². The molecule has 3 aromatic rings. The number of halogens is 3. The molecular weight excluding hydrogens is 369 g/mol. The number of benzene rings is 2. The van der Waals surface area contributed by atoms with Crippen LogP contribution in [-0.4, -0.2) is 35.8 Å². The molecule has 2 heterocycles. The van der Waals surface area contributed by atoms with E-state index in [9.17, 15) is 18.0 Å². The molecule has 4 rings (SSSR count). The highest BCUT2D eigenvalue weighted by atomic mass is 19.4. The van der Waals surface area contributed by atoms with Gasteiger partial charge in [0.1, 0.15) is 0 Å². The van der Waals surface area contributed by atoms with Crippen molar-refractivity contribution < 1.29 is 18.0 Å². The van der Waals surface area contributed by atoms with Gasteiger partial charge in [0.15, 0.2) is 5.69 Å². The van der Waals surface area contributed by atoms with E-state index in [-0.39, 0.29) is 5.69 Å². The summed E-state index contributed by atoms with van der Waals surface area (Å²) in [6.45, 7) is 0.817. The van der Waals surface area contributed by atoms with Crippen LogP contribution in [0.4, 0.5) is 24.5 Å². The molecule has 28 heavy (non-hydrogen) atoms. The fourth-order valence-corrected chi connectivity index (χ4v) is 3.41. The number of carbonyl (C=O) groups is 1. The van der Waals surface area contributed by atoms with Crippen LogP contribution in [0, 0.1) is 0 Å². The Balaban J connectivity index is 1.81. The summed E-state index contributed by atoms with van der Waals surface area (Å²) in [5.41, 5.74) is 0.0939. The number of alkyl halides is 3. The molecule has 8 heteroatoms. The van der Waals surface area contributed by atoms with E-state index in [1.165, 1.54) is 17.0 Å². The van der Waals surface area contributed by atoms with Gasteiger partial charge in [-0.25, -0.2) is 4.68 Å². The zero-order valence-corrected chi connectivity index (χ0v) is 15.0. The van der Waals surface area contributed by atoms with Crippen LogP contribution in [0.3, 0.4) is 0 Å². The molecule has 0 radical (unpaired) electrons. The Morgan fingerprint density at radius 2 is 1.61 bits per heavy atom. The van der Waals surface area contributed by atoms with E-state index in [0.29, 0.717) is 18.8 Å². The Labute approximate surface area is 159 Å². The van der Waals surface area contributed by atoms with E-state index in [4.69, 9.17) is 0 Å². The molecule has 0 aliphatic carbocycles. The largest absolute Gasteiger partial charge is 0.434 e. The van der Waals surface area contributed by atoms with Crippen LogP contribution in [0.1, 0.15) is 16.1 Å². The monoisotopic (exact) mass is 386 g/mol. The number of aromatic nitrogens is 2. The second kappa shape index (κ2) is 6.70. The highest BCUT2D eigenvalue weighted by Crippen LogP contribution is 2.37. The lowest BCUT2D eigenvalue weighted by Gasteiger charge is -2.35. The van der Waals surface area contributed by atoms with Gasteiger partial charge in [-0.3, -0.25) is 4.79 Å². The number of carbonyl (C=O) groups excluding carboxylic acids is 1. The second-order valence-electron chi connectivity index (χ2n) is 6.52. The molecule has 0 atom stereocenters. The Morgan fingerprint density at radius 1 is 0.964 bits per heavy atom. The normalized spacial score (nSPS) is 14.1. The summed E-state index contributed by atoms with van der Waals surface area (Å²) >= 11 is 0. The molecule has 0 saturated carbocycles. The average molecular weight is 386 g/mol. The minimum absolute atomic E-state index is 0.243. The van der Waals surface area contributed by atoms with Gasteiger partial charge in [-0.15, -0.1) is 0 Å². The van der Waals surface area contributed by atoms with Crippen LogP contribution >= 0.6 is 0 Å². The SMILES string of the molecule is CN1CCN(C(=O)c2cnn(-c3ccccc3)c2C(F)(F)F)c2ccccc21. The fourth-order valence-electron chi connectivity index (χ4n) is 3.41. The van der Waals surface area contributed by atoms with Gasteiger partial charge in [0.05, 0.1) is 28.8 Å². The van der Waals surface area contributed by atoms with Crippen molar-refractivity contribution in [2.45, 2.75) is 6.18 Å². The molecule has 2 aromatic carbocycles. The number of fused-ring (bicyclic) bond motifs is 1. The van der Waals surface area contributed by atoms with Crippen LogP contribution in [0.15, 0.2) is 60.8 Å². The van der Waals surface area contributed by atoms with Crippen molar-refractivity contribution in [3.8, 4) is 5.69 Å². The Bertz CT molecular complexity index is 1010. The predicted molar refractivity (Wildman–Crippen MR) is 100.0 cm³/mol. The number of likely N-dealkylation sites (N-methyl/N-ethyl adjacent to an activating group) is 1. The number of hydrogen-bond acceptors (Lipinski definition) is 3. The molecule has 0 bridgehead atoms. The first-order chi connectivity index (χ1) is 13.4. The molecule has 1 aliphatic heterocycles. The second-order valence-corrected chi connectivity index (χ2v) is 6.52. The molecule has 1 aliphatic rings. The maximum absolute atomic E-state index is 13.9. The van der Waals surface area contributed by atoms with Gasteiger partial charge < -0.3 is 9.80 Å². The van der Waals surface area contributed by atoms with Crippen molar-refractivity contribution in [2.24, 2.45) is 0 Å². The molecule has 0 saturated heterocycles. The summed E-state index contributed by atoms with van der Waals surface area (Å²) in [5.74, 6) is -0.713. The number of para-hydroxylation sites is 3. The number of hydrogen-bond donors (Lipinski definition) is 0. The van der Waals surface area contributed by atoms with Gasteiger partial charge in [-0.1, -0.05) is 30.3 Å². The average Bonchev–Trinajstić information content (AvgIpc) is 3.14. The van der Waals surface area contributed by atoms with Crippen molar-refractivity contribution in [1.29, 1.82) is 0 Å². The van der Waals surface area contributed by atoms with Crippen molar-refractivity contribution >= 4 is 17.3 Å². The lowest BCUT2D eigenvalue weighted by atomic mass is 10.1. The Kier molecular flexibility index (Phi) is 4.33. The van der Waals surface area contributed by atoms with Crippen LogP contribution in [-0.2, 0) is 6.18 Å². The zero-order chi connectivity index (χ0) is 19.9. The third kappa shape index (κ3) is 3.00. The molecule has 1 amide bonds. The quantitative estimate of drug-likeness (QED) is 0.669. The first-order valence-electron chi connectivity index (χ1n) is 8.70. The molecular formula is C20H17F3N4O. The van der Waals surface area contributed by atoms with Gasteiger partial charge in [0, 0.05) is 20.1 Å². The van der Waals surface area contributed by atoms with Gasteiger partial charge in [-0.05, 0) is 24.3 Å². The molecule has 144 valence electrons. The van der Waals surface area contributed by atoms with E-state index >= 15 is 0 Å². The Hall–Kier alpha value is -3.29. The van der Waals surface area contributed by atoms with Crippen molar-refractivity contribution in [1.82, 2.24) is 9.78 Å². The summed E-state index contributed by atoms with van der Waals surface area (Å²) in [4.78, 5) is 16.5. The van der Waals surface area contributed by atoms with Gasteiger partial charge in [-0.2, -0.15) is 18.3 Å². The Morgan fingerprint density at radius 3 is 2.29 bits per heavy atom. The summed E-state index contributed by atoms with van der Waals surface area (Å²) in [5, 5.41) is 3.88. The lowest BCUT2D eigenvalue weighted by molar-refractivity contribution is -0.143. The number of anilines is 2. The van der Waals surface area contributed by atoms with Gasteiger partial charge in [0.2, 0.25) is 0 Å². The molecule has 1 aromatic heterocycles. The van der Waals surface area contributed by atoms with E-state index in [0.717, 1.165) is 16.6 Å². The van der Waals surface area contributed by atoms with E-state index < -0.39 is 23.3 Å². The number of rotatable bonds is 2. The summed E-state index contributed by atoms with van der Waals surface area (Å²) in [6, 6.07) is 15.1. The predicted octanol–water partition coefficient (Wildman–Crippen LogP) is 3.99. The van der Waals surface area contributed by atoms with Crippen LogP contribution in [0.2, 0.25) is 0 Å². The van der Waals surface area contributed by atoms with Crippen LogP contribution in [0.5, 0.6) is 0 Å². The third-order valence-electron chi connectivity index (χ3n) is 4.76. The molecule has 0 N–H and O–H groups in total. The van der Waals surface area contributed by atoms with Crippen molar-refractivity contribution in [3.63, 3.8) is 0 Å². The van der Waals surface area contributed by atoms with Gasteiger partial charge in [0.25, 0.3) is 5.91 Å². The molecule has 0 unspecified atom stereocenters. The minimum atomic E-state index is -4.73. The lowest BCUT2D eigenvalue weighted by Crippen LogP contribution is -2.43.